The molecule has 3 N–H and O–H groups in total. The molecule has 0 aromatic heterocycles. The maximum atomic E-state index is 8.79. The zero-order valence-electron chi connectivity index (χ0n) is 6.26. The van der Waals surface area contributed by atoms with Crippen molar-refractivity contribution < 1.29 is 14.6 Å². The molecule has 0 spiro atoms. The topological polar surface area (TPSA) is 62.8 Å². The van der Waals surface area contributed by atoms with Crippen molar-refractivity contribution in [2.75, 3.05) is 27.5 Å². The van der Waals surface area contributed by atoms with Gasteiger partial charge in [-0.25, -0.2) is 5.43 Å². The van der Waals surface area contributed by atoms with Gasteiger partial charge in [-0.1, -0.05) is 0 Å². The summed E-state index contributed by atoms with van der Waals surface area (Å²) in [6.07, 6.45) is -0.774. The molecule has 5 heteroatoms. The lowest BCUT2D eigenvalue weighted by atomic mass is 10.6. The van der Waals surface area contributed by atoms with E-state index in [1.54, 1.807) is 7.11 Å². The van der Waals surface area contributed by atoms with Crippen LogP contribution < -0.4 is 10.9 Å². The number of aliphatic hydroxyl groups excluding tert-OH is 1. The maximum absolute atomic E-state index is 8.79. The number of nitrogens with one attached hydrogen (secondary N) is 2. The fourth-order valence-electron chi connectivity index (χ4n) is 0.366. The smallest absolute Gasteiger partial charge is 0.168 e. The minimum absolute atomic E-state index is 0.333. The van der Waals surface area contributed by atoms with Crippen molar-refractivity contribution >= 4 is 0 Å². The van der Waals surface area contributed by atoms with Gasteiger partial charge in [-0.2, -0.15) is 0 Å². The minimum Gasteiger partial charge on any atom is -0.368 e. The average Bonchev–Trinajstić information content (AvgIpc) is 1.98. The molecule has 62 valence electrons. The van der Waals surface area contributed by atoms with Gasteiger partial charge in [0.05, 0.1) is 6.54 Å². The van der Waals surface area contributed by atoms with Crippen LogP contribution in [0, 0.1) is 0 Å². The van der Waals surface area contributed by atoms with Gasteiger partial charge >= 0.3 is 0 Å². The van der Waals surface area contributed by atoms with E-state index in [0.29, 0.717) is 13.3 Å². The number of hydrazine groups is 1. The SMILES string of the molecule is COCNNCC(O)OC. The Hall–Kier alpha value is -0.200. The van der Waals surface area contributed by atoms with Crippen LogP contribution in [0.4, 0.5) is 0 Å². The first-order valence-corrected chi connectivity index (χ1v) is 2.96. The van der Waals surface area contributed by atoms with Crippen molar-refractivity contribution in [3.63, 3.8) is 0 Å². The van der Waals surface area contributed by atoms with E-state index in [1.165, 1.54) is 7.11 Å². The maximum Gasteiger partial charge on any atom is 0.168 e. The molecule has 0 aromatic rings. The molecule has 0 aliphatic carbocycles. The molecule has 0 saturated carbocycles. The number of hydrogen-bond acceptors (Lipinski definition) is 5. The highest BCUT2D eigenvalue weighted by Crippen LogP contribution is 1.76. The van der Waals surface area contributed by atoms with Crippen LogP contribution in [0.15, 0.2) is 0 Å². The van der Waals surface area contributed by atoms with Crippen molar-refractivity contribution in [1.29, 1.82) is 0 Å². The number of rotatable bonds is 6. The Morgan fingerprint density at radius 3 is 2.60 bits per heavy atom. The molecule has 0 saturated heterocycles. The summed E-state index contributed by atoms with van der Waals surface area (Å²) in [5.41, 5.74) is 5.38. The predicted octanol–water partition coefficient (Wildman–Crippen LogP) is -1.35. The van der Waals surface area contributed by atoms with Crippen LogP contribution in [0.25, 0.3) is 0 Å². The second kappa shape index (κ2) is 6.91. The standard InChI is InChI=1S/C5H14N2O3/c1-9-4-7-6-3-5(8)10-2/h5-8H,3-4H2,1-2H3. The quantitative estimate of drug-likeness (QED) is 0.248. The van der Waals surface area contributed by atoms with Crippen molar-refractivity contribution in [2.45, 2.75) is 6.29 Å². The molecule has 0 heterocycles. The molecule has 0 bridgehead atoms. The molecule has 0 fully saturated rings. The Bertz CT molecular complexity index is 71.9. The Labute approximate surface area is 60.3 Å². The van der Waals surface area contributed by atoms with E-state index in [9.17, 15) is 0 Å². The molecular formula is C5H14N2O3. The Morgan fingerprint density at radius 1 is 1.40 bits per heavy atom. The summed E-state index contributed by atoms with van der Waals surface area (Å²) < 4.78 is 9.20. The van der Waals surface area contributed by atoms with Crippen molar-refractivity contribution in [2.24, 2.45) is 0 Å². The summed E-state index contributed by atoms with van der Waals surface area (Å²) in [5.74, 6) is 0. The first kappa shape index (κ1) is 9.80. The zero-order chi connectivity index (χ0) is 7.82. The number of aliphatic hydroxyl groups is 1. The van der Waals surface area contributed by atoms with E-state index in [0.717, 1.165) is 0 Å². The molecule has 10 heavy (non-hydrogen) atoms. The van der Waals surface area contributed by atoms with E-state index >= 15 is 0 Å². The van der Waals surface area contributed by atoms with Gasteiger partial charge < -0.3 is 14.6 Å². The molecule has 0 radical (unpaired) electrons. The minimum atomic E-state index is -0.774. The lowest BCUT2D eigenvalue weighted by Crippen LogP contribution is -2.39. The van der Waals surface area contributed by atoms with Crippen molar-refractivity contribution in [1.82, 2.24) is 10.9 Å². The molecule has 5 nitrogen and oxygen atoms in total. The third-order valence-electron chi connectivity index (χ3n) is 0.890. The highest BCUT2D eigenvalue weighted by atomic mass is 16.6. The fraction of sp³-hybridized carbons (Fsp3) is 1.00. The third-order valence-corrected chi connectivity index (χ3v) is 0.890. The number of ether oxygens (including phenoxy) is 2. The van der Waals surface area contributed by atoms with Crippen LogP contribution in [0.2, 0.25) is 0 Å². The van der Waals surface area contributed by atoms with Gasteiger partial charge in [-0.15, -0.1) is 0 Å². The first-order valence-electron chi connectivity index (χ1n) is 2.96. The Balaban J connectivity index is 2.89. The van der Waals surface area contributed by atoms with Crippen LogP contribution in [0.1, 0.15) is 0 Å². The van der Waals surface area contributed by atoms with E-state index < -0.39 is 6.29 Å². The zero-order valence-corrected chi connectivity index (χ0v) is 6.26. The lowest BCUT2D eigenvalue weighted by Gasteiger charge is -2.09. The number of methoxy groups -OCH3 is 2. The molecule has 1 atom stereocenters. The Kier molecular flexibility index (Phi) is 6.78. The molecule has 0 aliphatic heterocycles. The normalized spacial score (nSPS) is 13.5. The van der Waals surface area contributed by atoms with E-state index in [2.05, 4.69) is 20.3 Å². The van der Waals surface area contributed by atoms with E-state index in [4.69, 9.17) is 5.11 Å². The predicted molar refractivity (Wildman–Crippen MR) is 36.0 cm³/mol. The molecule has 0 aromatic carbocycles. The van der Waals surface area contributed by atoms with Crippen LogP contribution in [0.3, 0.4) is 0 Å². The average molecular weight is 150 g/mol. The van der Waals surface area contributed by atoms with Crippen molar-refractivity contribution in [3.05, 3.63) is 0 Å². The van der Waals surface area contributed by atoms with Gasteiger partial charge in [0.15, 0.2) is 6.29 Å². The van der Waals surface area contributed by atoms with Gasteiger partial charge in [-0.05, 0) is 0 Å². The summed E-state index contributed by atoms with van der Waals surface area (Å²) in [6, 6.07) is 0. The summed E-state index contributed by atoms with van der Waals surface area (Å²) in [5, 5.41) is 8.79. The summed E-state index contributed by atoms with van der Waals surface area (Å²) in [6.45, 7) is 0.732. The first-order chi connectivity index (χ1) is 4.81. The summed E-state index contributed by atoms with van der Waals surface area (Å²) >= 11 is 0. The van der Waals surface area contributed by atoms with Crippen LogP contribution in [0.5, 0.6) is 0 Å². The monoisotopic (exact) mass is 150 g/mol. The van der Waals surface area contributed by atoms with Crippen LogP contribution in [-0.4, -0.2) is 38.9 Å². The van der Waals surface area contributed by atoms with Gasteiger partial charge in [0.25, 0.3) is 0 Å². The number of hydrogen-bond donors (Lipinski definition) is 3. The van der Waals surface area contributed by atoms with Gasteiger partial charge in [0.1, 0.15) is 6.73 Å². The van der Waals surface area contributed by atoms with Gasteiger partial charge in [-0.3, -0.25) is 5.43 Å². The van der Waals surface area contributed by atoms with E-state index in [-0.39, 0.29) is 0 Å². The molecule has 0 amide bonds. The second-order valence-electron chi connectivity index (χ2n) is 1.68. The largest absolute Gasteiger partial charge is 0.368 e. The van der Waals surface area contributed by atoms with Gasteiger partial charge in [0, 0.05) is 14.2 Å². The van der Waals surface area contributed by atoms with Crippen molar-refractivity contribution in [3.8, 4) is 0 Å². The molecular weight excluding hydrogens is 136 g/mol. The van der Waals surface area contributed by atoms with Crippen LogP contribution in [-0.2, 0) is 9.47 Å². The molecule has 1 unspecified atom stereocenters. The van der Waals surface area contributed by atoms with Crippen LogP contribution >= 0.6 is 0 Å². The van der Waals surface area contributed by atoms with E-state index in [1.807, 2.05) is 0 Å². The lowest BCUT2D eigenvalue weighted by molar-refractivity contribution is -0.0736. The fourth-order valence-corrected chi connectivity index (χ4v) is 0.366. The molecule has 0 rings (SSSR count). The summed E-state index contributed by atoms with van der Waals surface area (Å²) in [7, 11) is 3.00. The van der Waals surface area contributed by atoms with Gasteiger partial charge in [0.2, 0.25) is 0 Å². The third kappa shape index (κ3) is 5.93. The highest BCUT2D eigenvalue weighted by Gasteiger charge is 1.97. The second-order valence-corrected chi connectivity index (χ2v) is 1.68. The Morgan fingerprint density at radius 2 is 2.10 bits per heavy atom. The highest BCUT2D eigenvalue weighted by molar-refractivity contribution is 4.40. The molecule has 0 aliphatic rings. The summed E-state index contributed by atoms with van der Waals surface area (Å²) in [4.78, 5) is 0.